The first-order chi connectivity index (χ1) is 8.00. The third-order valence-electron chi connectivity index (χ3n) is 0. The molecule has 0 atom stereocenters. The molecule has 0 aliphatic carbocycles. The van der Waals surface area contributed by atoms with Gasteiger partial charge in [0.1, 0.15) is 31.6 Å². The molecular weight excluding hydrogens is 1460 g/mol. The molecule has 28 heavy (non-hydrogen) atoms. The van der Waals surface area contributed by atoms with Crippen molar-refractivity contribution in [1.82, 2.24) is 0 Å². The van der Waals surface area contributed by atoms with Gasteiger partial charge in [0.25, 0.3) is 0 Å². The van der Waals surface area contributed by atoms with Crippen LogP contribution in [-0.4, -0.2) is 0 Å². The molecule has 0 aromatic carbocycles. The third-order valence-corrected chi connectivity index (χ3v) is 0. The molecule has 0 saturated heterocycles. The van der Waals surface area contributed by atoms with E-state index in [1.807, 2.05) is 0 Å². The van der Waals surface area contributed by atoms with Crippen LogP contribution in [0.4, 0.5) is 16.8 Å². The van der Waals surface area contributed by atoms with Crippen LogP contribution in [-0.2, 0) is 18.3 Å². The second-order valence-corrected chi connectivity index (χ2v) is 5.17. The maximum atomic E-state index is 10.1. The minimum Gasteiger partial charge on any atom is -0.786 e. The van der Waals surface area contributed by atoms with Crippen molar-refractivity contribution in [2.75, 3.05) is 0 Å². The zero-order valence-electron chi connectivity index (χ0n) is 16.2. The van der Waals surface area contributed by atoms with Gasteiger partial charge in [-0.3, -0.25) is 0 Å². The Bertz CT molecular complexity index is 316. The maximum Gasteiger partial charge on any atom is 1.00 e. The van der Waals surface area contributed by atoms with Gasteiger partial charge in [-0.15, -0.1) is 0 Å². The van der Waals surface area contributed by atoms with E-state index in [4.69, 9.17) is 57.4 Å². The maximum absolute atomic E-state index is 10.1. The first-order valence-electron chi connectivity index (χ1n) is 2.87. The summed E-state index contributed by atoms with van der Waals surface area (Å²) in [6, 6.07) is 0. The Morgan fingerprint density at radius 1 is 0.321 bits per heavy atom. The molecule has 0 aromatic heterocycles. The molecule has 0 aliphatic rings. The Labute approximate surface area is 629 Å². The summed E-state index contributed by atoms with van der Waals surface area (Å²) in [7, 11) is -22.6. The quantitative estimate of drug-likeness (QED) is 0.162. The Balaban J connectivity index is -0.0000000111. The third kappa shape index (κ3) is 266. The average Bonchev–Trinajstić information content (AvgIpc) is 1.62. The van der Waals surface area contributed by atoms with Crippen molar-refractivity contribution in [2.45, 2.75) is 0 Å². The van der Waals surface area contributed by atoms with Gasteiger partial charge >= 0.3 is 551 Å². The van der Waals surface area contributed by atoms with Gasteiger partial charge in [-0.1, -0.05) is 0 Å². The van der Waals surface area contributed by atoms with Gasteiger partial charge in [-0.25, -0.2) is 16.8 Å². The van der Waals surface area contributed by atoms with Gasteiger partial charge < -0.3 is 57.4 Å². The summed E-state index contributed by atoms with van der Waals surface area (Å²) in [6.45, 7) is 0. The van der Waals surface area contributed by atoms with Gasteiger partial charge in [0, 0.05) is 0 Å². The Morgan fingerprint density at radius 3 is 0.321 bits per heavy atom. The van der Waals surface area contributed by atoms with Crippen LogP contribution in [0, 0.1) is 0 Å². The largest absolute Gasteiger partial charge is 1.00 e. The summed E-state index contributed by atoms with van der Waals surface area (Å²) in [5, 5.41) is 0. The van der Waals surface area contributed by atoms with Gasteiger partial charge in [0.2, 0.25) is 0 Å². The van der Waals surface area contributed by atoms with Crippen molar-refractivity contribution < 1.29 is 625 Å². The van der Waals surface area contributed by atoms with E-state index in [1.54, 1.807) is 0 Å². The molecule has 0 unspecified atom stereocenters. The van der Waals surface area contributed by atoms with Crippen molar-refractivity contribution in [1.29, 1.82) is 0 Å². The predicted octanol–water partition coefficient (Wildman–Crippen LogP) is -28.8. The fraction of sp³-hybridized carbons (Fsp3) is 0. The van der Waals surface area contributed by atoms with Crippen molar-refractivity contribution in [2.24, 2.45) is 0 Å². The SMILES string of the molecule is O=P([O-])([O-])F.O=P([O-])([O-])F.O=P([O-])([O-])F.O=P([O-])([O-])F.[Cs+].[Cs+].[Cs+].[Cs+].[Cs+].[Cs+].[Cs+].[Cs+]. The molecule has 0 rings (SSSR count). The Kier molecular flexibility index (Phi) is 137. The molecule has 0 heterocycles. The minimum absolute atomic E-state index is 0. The van der Waals surface area contributed by atoms with E-state index >= 15 is 0 Å². The summed E-state index contributed by atoms with van der Waals surface area (Å²) in [5.41, 5.74) is 0. The van der Waals surface area contributed by atoms with Crippen molar-refractivity contribution in [3.8, 4) is 0 Å². The molecule has 0 N–H and O–H groups in total. The van der Waals surface area contributed by atoms with Crippen molar-refractivity contribution in [3.63, 3.8) is 0 Å². The Hall–Kier alpha value is 16.7. The summed E-state index contributed by atoms with van der Waals surface area (Å²) in [4.78, 5) is 67.5. The molecule has 0 aliphatic heterocycles. The molecule has 0 saturated carbocycles. The molecule has 0 bridgehead atoms. The van der Waals surface area contributed by atoms with E-state index in [2.05, 4.69) is 0 Å². The fourth-order valence-electron chi connectivity index (χ4n) is 0. The van der Waals surface area contributed by atoms with Crippen LogP contribution >= 0.6 is 31.6 Å². The molecule has 0 amide bonds. The molecule has 0 spiro atoms. The van der Waals surface area contributed by atoms with E-state index in [9.17, 15) is 16.8 Å². The number of halogens is 4. The van der Waals surface area contributed by atoms with Gasteiger partial charge in [-0.05, 0) is 0 Å². The molecular formula is Cs8F4O12P4. The summed E-state index contributed by atoms with van der Waals surface area (Å²) in [6.07, 6.45) is 0. The average molecular weight is 1460 g/mol. The zero-order valence-corrected chi connectivity index (χ0v) is 70.0. The first kappa shape index (κ1) is 79.9. The van der Waals surface area contributed by atoms with E-state index in [0.29, 0.717) is 0 Å². The standard InChI is InChI=1S/8Cs.4FH2O3P/c;;;;;;;;4*1-5(2,3)4/h;;;;;;;;4*(H2,2,3,4)/q8*+1;;;;/p-8. The number of hydrogen-bond donors (Lipinski definition) is 0. The molecule has 28 heteroatoms. The van der Waals surface area contributed by atoms with Crippen LogP contribution < -0.4 is 590 Å². The zero-order chi connectivity index (χ0) is 18.0. The van der Waals surface area contributed by atoms with E-state index in [-0.39, 0.29) is 551 Å². The molecule has 12 nitrogen and oxygen atoms in total. The van der Waals surface area contributed by atoms with Gasteiger partial charge in [0.05, 0.1) is 0 Å². The van der Waals surface area contributed by atoms with Gasteiger partial charge in [-0.2, -0.15) is 0 Å². The van der Waals surface area contributed by atoms with Crippen LogP contribution in [0.2, 0.25) is 0 Å². The van der Waals surface area contributed by atoms with Crippen LogP contribution in [0.3, 0.4) is 0 Å². The molecule has 0 aromatic rings. The number of rotatable bonds is 0. The summed E-state index contributed by atoms with van der Waals surface area (Å²) in [5.74, 6) is 0. The second-order valence-electron chi connectivity index (χ2n) is 1.72. The Morgan fingerprint density at radius 2 is 0.321 bits per heavy atom. The van der Waals surface area contributed by atoms with Crippen LogP contribution in [0.25, 0.3) is 0 Å². The van der Waals surface area contributed by atoms with Crippen LogP contribution in [0.15, 0.2) is 0 Å². The van der Waals surface area contributed by atoms with Gasteiger partial charge in [0.15, 0.2) is 0 Å². The van der Waals surface area contributed by atoms with Crippen molar-refractivity contribution in [3.05, 3.63) is 0 Å². The predicted molar refractivity (Wildman–Crippen MR) is 34.9 cm³/mol. The summed E-state index contributed by atoms with van der Waals surface area (Å²) < 4.78 is 74.3. The fourth-order valence-corrected chi connectivity index (χ4v) is 0. The van der Waals surface area contributed by atoms with Crippen LogP contribution in [0.5, 0.6) is 0 Å². The molecule has 0 fully saturated rings. The smallest absolute Gasteiger partial charge is 0.786 e. The molecule has 0 radical (unpaired) electrons. The summed E-state index contributed by atoms with van der Waals surface area (Å²) >= 11 is 0. The van der Waals surface area contributed by atoms with E-state index in [1.165, 1.54) is 0 Å². The van der Waals surface area contributed by atoms with Crippen LogP contribution in [0.1, 0.15) is 0 Å². The normalized spacial score (nSPS) is 8.43. The first-order valence-corrected chi connectivity index (χ1v) is 8.60. The topological polar surface area (TPSA) is 253 Å². The van der Waals surface area contributed by atoms with Crippen molar-refractivity contribution >= 4 is 31.6 Å². The second kappa shape index (κ2) is 48.1. The van der Waals surface area contributed by atoms with E-state index < -0.39 is 31.6 Å². The van der Waals surface area contributed by atoms with E-state index in [0.717, 1.165) is 0 Å². The minimum atomic E-state index is -5.64. The monoisotopic (exact) mass is 1460 g/mol. The number of hydrogen-bond acceptors (Lipinski definition) is 12. The molecule has 128 valence electrons.